The summed E-state index contributed by atoms with van der Waals surface area (Å²) in [6, 6.07) is 3.62. The van der Waals surface area contributed by atoms with Crippen molar-refractivity contribution in [3.8, 4) is 0 Å². The molecule has 0 amide bonds. The van der Waals surface area contributed by atoms with Gasteiger partial charge in [-0.15, -0.1) is 0 Å². The van der Waals surface area contributed by atoms with Crippen LogP contribution >= 0.6 is 0 Å². The molecule has 1 aromatic heterocycles. The third kappa shape index (κ3) is 3.20. The Morgan fingerprint density at radius 3 is 3.00 bits per heavy atom. The van der Waals surface area contributed by atoms with Crippen LogP contribution in [0.1, 0.15) is 0 Å². The van der Waals surface area contributed by atoms with Crippen LogP contribution in [0.4, 0.5) is 11.5 Å². The summed E-state index contributed by atoms with van der Waals surface area (Å²) in [4.78, 5) is 4.04. The monoisotopic (exact) mass is 197 g/mol. The SMILES string of the molecule is CNc1cc(NCC(O)CO)ccn1. The zero-order valence-electron chi connectivity index (χ0n) is 8.07. The van der Waals surface area contributed by atoms with Gasteiger partial charge in [-0.1, -0.05) is 0 Å². The highest BCUT2D eigenvalue weighted by molar-refractivity contribution is 5.51. The van der Waals surface area contributed by atoms with E-state index in [2.05, 4.69) is 15.6 Å². The number of aromatic nitrogens is 1. The fourth-order valence-corrected chi connectivity index (χ4v) is 0.977. The summed E-state index contributed by atoms with van der Waals surface area (Å²) in [7, 11) is 1.79. The summed E-state index contributed by atoms with van der Waals surface area (Å²) in [5.41, 5.74) is 0.858. The number of hydrogen-bond acceptors (Lipinski definition) is 5. The molecular weight excluding hydrogens is 182 g/mol. The van der Waals surface area contributed by atoms with E-state index >= 15 is 0 Å². The Hall–Kier alpha value is -1.33. The maximum absolute atomic E-state index is 9.10. The van der Waals surface area contributed by atoms with E-state index in [0.717, 1.165) is 11.5 Å². The van der Waals surface area contributed by atoms with Crippen LogP contribution in [-0.2, 0) is 0 Å². The lowest BCUT2D eigenvalue weighted by molar-refractivity contribution is 0.105. The second-order valence-electron chi connectivity index (χ2n) is 2.90. The Bertz CT molecular complexity index is 281. The number of nitrogens with zero attached hydrogens (tertiary/aromatic N) is 1. The van der Waals surface area contributed by atoms with Gasteiger partial charge in [0.25, 0.3) is 0 Å². The zero-order chi connectivity index (χ0) is 10.4. The van der Waals surface area contributed by atoms with Crippen LogP contribution in [0.5, 0.6) is 0 Å². The van der Waals surface area contributed by atoms with E-state index in [9.17, 15) is 0 Å². The molecule has 1 rings (SSSR count). The maximum atomic E-state index is 9.10. The van der Waals surface area contributed by atoms with Crippen molar-refractivity contribution in [2.75, 3.05) is 30.8 Å². The van der Waals surface area contributed by atoms with Crippen LogP contribution in [0, 0.1) is 0 Å². The van der Waals surface area contributed by atoms with Gasteiger partial charge in [-0.2, -0.15) is 0 Å². The molecule has 1 atom stereocenters. The first kappa shape index (κ1) is 10.7. The third-order valence-corrected chi connectivity index (χ3v) is 1.77. The Morgan fingerprint density at radius 2 is 2.36 bits per heavy atom. The molecule has 1 unspecified atom stereocenters. The molecule has 0 aliphatic carbocycles. The minimum atomic E-state index is -0.735. The smallest absolute Gasteiger partial charge is 0.127 e. The average molecular weight is 197 g/mol. The Kier molecular flexibility index (Phi) is 4.15. The molecule has 5 nitrogen and oxygen atoms in total. The Balaban J connectivity index is 2.50. The van der Waals surface area contributed by atoms with Crippen LogP contribution in [0.2, 0.25) is 0 Å². The molecule has 0 aromatic carbocycles. The number of pyridine rings is 1. The minimum absolute atomic E-state index is 0.239. The van der Waals surface area contributed by atoms with Crippen molar-refractivity contribution in [1.82, 2.24) is 4.98 Å². The molecule has 0 radical (unpaired) electrons. The maximum Gasteiger partial charge on any atom is 0.127 e. The minimum Gasteiger partial charge on any atom is -0.394 e. The van der Waals surface area contributed by atoms with Gasteiger partial charge in [0.15, 0.2) is 0 Å². The summed E-state index contributed by atoms with van der Waals surface area (Å²) < 4.78 is 0. The van der Waals surface area contributed by atoms with Crippen molar-refractivity contribution in [3.05, 3.63) is 18.3 Å². The first-order chi connectivity index (χ1) is 6.76. The number of rotatable bonds is 5. The summed E-state index contributed by atoms with van der Waals surface area (Å²) in [6.07, 6.45) is 0.931. The lowest BCUT2D eigenvalue weighted by Crippen LogP contribution is -2.22. The standard InChI is InChI=1S/C9H15N3O2/c1-10-9-4-7(2-3-11-9)12-5-8(14)6-13/h2-4,8,13-14H,5-6H2,1H3,(H2,10,11,12). The van der Waals surface area contributed by atoms with E-state index in [0.29, 0.717) is 6.54 Å². The summed E-state index contributed by atoms with van der Waals surface area (Å²) in [5.74, 6) is 0.758. The molecule has 0 aliphatic rings. The number of anilines is 2. The van der Waals surface area contributed by atoms with Crippen LogP contribution in [0.3, 0.4) is 0 Å². The van der Waals surface area contributed by atoms with Crippen molar-refractivity contribution in [2.45, 2.75) is 6.10 Å². The summed E-state index contributed by atoms with van der Waals surface area (Å²) >= 11 is 0. The third-order valence-electron chi connectivity index (χ3n) is 1.77. The van der Waals surface area contributed by atoms with Crippen molar-refractivity contribution < 1.29 is 10.2 Å². The van der Waals surface area contributed by atoms with Crippen molar-refractivity contribution >= 4 is 11.5 Å². The molecule has 0 bridgehead atoms. The lowest BCUT2D eigenvalue weighted by atomic mass is 10.3. The molecule has 1 aromatic rings. The van der Waals surface area contributed by atoms with Crippen LogP contribution in [0.15, 0.2) is 18.3 Å². The van der Waals surface area contributed by atoms with Gasteiger partial charge < -0.3 is 20.8 Å². The van der Waals surface area contributed by atoms with E-state index in [-0.39, 0.29) is 6.61 Å². The van der Waals surface area contributed by atoms with E-state index < -0.39 is 6.10 Å². The largest absolute Gasteiger partial charge is 0.394 e. The molecule has 78 valence electrons. The molecule has 0 saturated carbocycles. The quantitative estimate of drug-likeness (QED) is 0.530. The van der Waals surface area contributed by atoms with Crippen LogP contribution < -0.4 is 10.6 Å². The highest BCUT2D eigenvalue weighted by Gasteiger charge is 2.01. The van der Waals surface area contributed by atoms with Crippen molar-refractivity contribution in [1.29, 1.82) is 0 Å². The topological polar surface area (TPSA) is 77.4 Å². The first-order valence-corrected chi connectivity index (χ1v) is 4.43. The van der Waals surface area contributed by atoms with E-state index in [4.69, 9.17) is 10.2 Å². The Morgan fingerprint density at radius 1 is 1.57 bits per heavy atom. The molecule has 0 aliphatic heterocycles. The zero-order valence-corrected chi connectivity index (χ0v) is 8.07. The van der Waals surface area contributed by atoms with Gasteiger partial charge in [0.05, 0.1) is 12.7 Å². The number of aliphatic hydroxyl groups is 2. The van der Waals surface area contributed by atoms with Crippen molar-refractivity contribution in [3.63, 3.8) is 0 Å². The van der Waals surface area contributed by atoms with Crippen molar-refractivity contribution in [2.24, 2.45) is 0 Å². The number of nitrogens with one attached hydrogen (secondary N) is 2. The van der Waals surface area contributed by atoms with Gasteiger partial charge in [-0.3, -0.25) is 0 Å². The molecule has 1 heterocycles. The van der Waals surface area contributed by atoms with E-state index in [1.807, 2.05) is 6.07 Å². The van der Waals surface area contributed by atoms with Crippen LogP contribution in [0.25, 0.3) is 0 Å². The predicted molar refractivity (Wildman–Crippen MR) is 55.4 cm³/mol. The fourth-order valence-electron chi connectivity index (χ4n) is 0.977. The van der Waals surface area contributed by atoms with Gasteiger partial charge in [0.1, 0.15) is 5.82 Å². The molecule has 4 N–H and O–H groups in total. The second kappa shape index (κ2) is 5.41. The molecular formula is C9H15N3O2. The Labute approximate surface area is 82.8 Å². The number of aliphatic hydroxyl groups excluding tert-OH is 2. The molecule has 14 heavy (non-hydrogen) atoms. The summed E-state index contributed by atoms with van der Waals surface area (Å²) in [6.45, 7) is 0.0840. The molecule has 0 spiro atoms. The second-order valence-corrected chi connectivity index (χ2v) is 2.90. The van der Waals surface area contributed by atoms with Gasteiger partial charge in [-0.05, 0) is 6.07 Å². The highest BCUT2D eigenvalue weighted by Crippen LogP contribution is 2.10. The summed E-state index contributed by atoms with van der Waals surface area (Å²) in [5, 5.41) is 23.6. The lowest BCUT2D eigenvalue weighted by Gasteiger charge is -2.10. The first-order valence-electron chi connectivity index (χ1n) is 4.43. The molecule has 0 fully saturated rings. The highest BCUT2D eigenvalue weighted by atomic mass is 16.3. The fraction of sp³-hybridized carbons (Fsp3) is 0.444. The molecule has 5 heteroatoms. The normalized spacial score (nSPS) is 12.2. The van der Waals surface area contributed by atoms with Crippen LogP contribution in [-0.4, -0.2) is 41.5 Å². The molecule has 0 saturated heterocycles. The van der Waals surface area contributed by atoms with Gasteiger partial charge >= 0.3 is 0 Å². The predicted octanol–water partition coefficient (Wildman–Crippen LogP) is -0.112. The van der Waals surface area contributed by atoms with Gasteiger partial charge in [0, 0.05) is 31.5 Å². The van der Waals surface area contributed by atoms with E-state index in [1.165, 1.54) is 0 Å². The van der Waals surface area contributed by atoms with Gasteiger partial charge in [0.2, 0.25) is 0 Å². The van der Waals surface area contributed by atoms with Gasteiger partial charge in [-0.25, -0.2) is 4.98 Å². The van der Waals surface area contributed by atoms with E-state index in [1.54, 1.807) is 19.3 Å². The average Bonchev–Trinajstić information content (AvgIpc) is 2.26. The number of hydrogen-bond donors (Lipinski definition) is 4.